The van der Waals surface area contributed by atoms with Gasteiger partial charge in [0, 0.05) is 6.54 Å². The van der Waals surface area contributed by atoms with Gasteiger partial charge in [0.1, 0.15) is 11.5 Å². The number of carbonyl (C=O) groups is 1. The third-order valence-corrected chi connectivity index (χ3v) is 3.44. The van der Waals surface area contributed by atoms with E-state index in [1.807, 2.05) is 69.3 Å². The number of ether oxygens (including phenoxy) is 2. The topological polar surface area (TPSA) is 47.6 Å². The Hall–Kier alpha value is -2.49. The monoisotopic (exact) mass is 327 g/mol. The Labute approximate surface area is 143 Å². The summed E-state index contributed by atoms with van der Waals surface area (Å²) >= 11 is 0. The molecule has 0 fully saturated rings. The van der Waals surface area contributed by atoms with Gasteiger partial charge >= 0.3 is 0 Å². The van der Waals surface area contributed by atoms with E-state index in [1.54, 1.807) is 6.92 Å². The van der Waals surface area contributed by atoms with Crippen molar-refractivity contribution < 1.29 is 14.3 Å². The lowest BCUT2D eigenvalue weighted by Gasteiger charge is -2.15. The van der Waals surface area contributed by atoms with Crippen LogP contribution in [0.15, 0.2) is 48.5 Å². The van der Waals surface area contributed by atoms with Gasteiger partial charge in [-0.1, -0.05) is 29.8 Å². The molecule has 0 saturated heterocycles. The summed E-state index contributed by atoms with van der Waals surface area (Å²) in [4.78, 5) is 12.2. The van der Waals surface area contributed by atoms with Gasteiger partial charge in [0.05, 0.1) is 6.10 Å². The summed E-state index contributed by atoms with van der Waals surface area (Å²) < 4.78 is 11.3. The summed E-state index contributed by atoms with van der Waals surface area (Å²) in [5, 5.41) is 2.89. The highest BCUT2D eigenvalue weighted by Crippen LogP contribution is 2.15. The molecule has 0 saturated carbocycles. The Bertz CT molecular complexity index is 665. The van der Waals surface area contributed by atoms with E-state index < -0.39 is 6.10 Å². The van der Waals surface area contributed by atoms with E-state index in [4.69, 9.17) is 9.47 Å². The molecule has 0 aliphatic rings. The Morgan fingerprint density at radius 2 is 1.71 bits per heavy atom. The molecule has 4 heteroatoms. The molecule has 0 radical (unpaired) electrons. The number of nitrogens with one attached hydrogen (secondary N) is 1. The number of hydrogen-bond donors (Lipinski definition) is 1. The molecule has 128 valence electrons. The molecule has 1 atom stereocenters. The summed E-state index contributed by atoms with van der Waals surface area (Å²) in [6, 6.07) is 15.4. The van der Waals surface area contributed by atoms with Crippen molar-refractivity contribution in [2.75, 3.05) is 0 Å². The first-order chi connectivity index (χ1) is 11.4. The number of rotatable bonds is 7. The minimum Gasteiger partial charge on any atom is -0.491 e. The van der Waals surface area contributed by atoms with Crippen LogP contribution in [0, 0.1) is 6.92 Å². The van der Waals surface area contributed by atoms with Gasteiger partial charge < -0.3 is 14.8 Å². The van der Waals surface area contributed by atoms with Gasteiger partial charge in [-0.3, -0.25) is 4.79 Å². The normalized spacial score (nSPS) is 11.9. The molecule has 1 amide bonds. The zero-order valence-electron chi connectivity index (χ0n) is 14.7. The van der Waals surface area contributed by atoms with Crippen LogP contribution < -0.4 is 14.8 Å². The van der Waals surface area contributed by atoms with Crippen LogP contribution >= 0.6 is 0 Å². The average molecular weight is 327 g/mol. The quantitative estimate of drug-likeness (QED) is 0.840. The Balaban J connectivity index is 1.86. The van der Waals surface area contributed by atoms with Crippen molar-refractivity contribution in [2.45, 2.75) is 46.4 Å². The summed E-state index contributed by atoms with van der Waals surface area (Å²) in [6.45, 7) is 8.16. The predicted molar refractivity (Wildman–Crippen MR) is 95.3 cm³/mol. The van der Waals surface area contributed by atoms with Gasteiger partial charge in [-0.2, -0.15) is 0 Å². The molecular weight excluding hydrogens is 302 g/mol. The standard InChI is InChI=1S/C20H25NO3/c1-14(2)23-19-7-5-6-17(12-19)13-21-20(22)16(4)24-18-10-8-15(3)9-11-18/h5-12,14,16H,13H2,1-4H3,(H,21,22)/t16-/m0/s1. The summed E-state index contributed by atoms with van der Waals surface area (Å²) in [5.74, 6) is 1.35. The maximum atomic E-state index is 12.2. The lowest BCUT2D eigenvalue weighted by atomic mass is 10.2. The molecule has 24 heavy (non-hydrogen) atoms. The van der Waals surface area contributed by atoms with E-state index in [2.05, 4.69) is 5.32 Å². The Kier molecular flexibility index (Phi) is 6.24. The first-order valence-corrected chi connectivity index (χ1v) is 8.20. The molecule has 0 aliphatic carbocycles. The van der Waals surface area contributed by atoms with Gasteiger partial charge in [0.2, 0.25) is 0 Å². The second-order valence-corrected chi connectivity index (χ2v) is 6.10. The fraction of sp³-hybridized carbons (Fsp3) is 0.350. The van der Waals surface area contributed by atoms with Crippen LogP contribution in [0.2, 0.25) is 0 Å². The second-order valence-electron chi connectivity index (χ2n) is 6.10. The van der Waals surface area contributed by atoms with Gasteiger partial charge in [0.25, 0.3) is 5.91 Å². The SMILES string of the molecule is Cc1ccc(O[C@@H](C)C(=O)NCc2cccc(OC(C)C)c2)cc1. The van der Waals surface area contributed by atoms with Crippen molar-refractivity contribution in [3.05, 3.63) is 59.7 Å². The van der Waals surface area contributed by atoms with E-state index in [0.29, 0.717) is 12.3 Å². The molecule has 1 N–H and O–H groups in total. The van der Waals surface area contributed by atoms with Crippen LogP contribution in [0.25, 0.3) is 0 Å². The van der Waals surface area contributed by atoms with Crippen LogP contribution in [-0.2, 0) is 11.3 Å². The lowest BCUT2D eigenvalue weighted by molar-refractivity contribution is -0.127. The highest BCUT2D eigenvalue weighted by Gasteiger charge is 2.14. The van der Waals surface area contributed by atoms with Crippen LogP contribution in [0.3, 0.4) is 0 Å². The highest BCUT2D eigenvalue weighted by molar-refractivity contribution is 5.80. The smallest absolute Gasteiger partial charge is 0.261 e. The first-order valence-electron chi connectivity index (χ1n) is 8.20. The van der Waals surface area contributed by atoms with Crippen molar-refractivity contribution in [2.24, 2.45) is 0 Å². The minimum atomic E-state index is -0.553. The van der Waals surface area contributed by atoms with Crippen molar-refractivity contribution in [1.29, 1.82) is 0 Å². The fourth-order valence-electron chi connectivity index (χ4n) is 2.21. The maximum Gasteiger partial charge on any atom is 0.261 e. The number of aryl methyl sites for hydroxylation is 1. The van der Waals surface area contributed by atoms with Crippen molar-refractivity contribution in [1.82, 2.24) is 5.32 Å². The second kappa shape index (κ2) is 8.39. The molecular formula is C20H25NO3. The molecule has 0 bridgehead atoms. The predicted octanol–water partition coefficient (Wildman–Crippen LogP) is 3.87. The summed E-state index contributed by atoms with van der Waals surface area (Å²) in [7, 11) is 0. The van der Waals surface area contributed by atoms with Crippen molar-refractivity contribution >= 4 is 5.91 Å². The van der Waals surface area contributed by atoms with E-state index in [9.17, 15) is 4.79 Å². The van der Waals surface area contributed by atoms with Gasteiger partial charge in [0.15, 0.2) is 6.10 Å². The zero-order valence-corrected chi connectivity index (χ0v) is 14.7. The molecule has 0 aliphatic heterocycles. The van der Waals surface area contributed by atoms with Gasteiger partial charge in [-0.25, -0.2) is 0 Å². The zero-order chi connectivity index (χ0) is 17.5. The number of amides is 1. The molecule has 2 aromatic rings. The van der Waals surface area contributed by atoms with Crippen molar-refractivity contribution in [3.63, 3.8) is 0 Å². The number of carbonyl (C=O) groups excluding carboxylic acids is 1. The molecule has 0 unspecified atom stereocenters. The third kappa shape index (κ3) is 5.61. The lowest BCUT2D eigenvalue weighted by Crippen LogP contribution is -2.35. The van der Waals surface area contributed by atoms with E-state index in [0.717, 1.165) is 16.9 Å². The molecule has 2 aromatic carbocycles. The summed E-state index contributed by atoms with van der Waals surface area (Å²) in [6.07, 6.45) is -0.430. The largest absolute Gasteiger partial charge is 0.491 e. The first kappa shape index (κ1) is 17.9. The molecule has 0 spiro atoms. The van der Waals surface area contributed by atoms with Gasteiger partial charge in [-0.05, 0) is 57.5 Å². The fourth-order valence-corrected chi connectivity index (χ4v) is 2.21. The highest BCUT2D eigenvalue weighted by atomic mass is 16.5. The average Bonchev–Trinajstić information content (AvgIpc) is 2.54. The van der Waals surface area contributed by atoms with Gasteiger partial charge in [-0.15, -0.1) is 0 Å². The van der Waals surface area contributed by atoms with Crippen LogP contribution in [0.4, 0.5) is 0 Å². The van der Waals surface area contributed by atoms with Crippen LogP contribution in [0.1, 0.15) is 31.9 Å². The Morgan fingerprint density at radius 3 is 2.38 bits per heavy atom. The minimum absolute atomic E-state index is 0.123. The van der Waals surface area contributed by atoms with E-state index in [1.165, 1.54) is 0 Å². The van der Waals surface area contributed by atoms with Crippen LogP contribution in [-0.4, -0.2) is 18.1 Å². The molecule has 0 aromatic heterocycles. The molecule has 4 nitrogen and oxygen atoms in total. The Morgan fingerprint density at radius 1 is 1.00 bits per heavy atom. The molecule has 2 rings (SSSR count). The number of benzene rings is 2. The molecule has 0 heterocycles. The third-order valence-electron chi connectivity index (χ3n) is 3.44. The van der Waals surface area contributed by atoms with E-state index >= 15 is 0 Å². The van der Waals surface area contributed by atoms with Crippen LogP contribution in [0.5, 0.6) is 11.5 Å². The summed E-state index contributed by atoms with van der Waals surface area (Å²) in [5.41, 5.74) is 2.15. The maximum absolute atomic E-state index is 12.2. The van der Waals surface area contributed by atoms with Crippen molar-refractivity contribution in [3.8, 4) is 11.5 Å². The number of hydrogen-bond acceptors (Lipinski definition) is 3. The van der Waals surface area contributed by atoms with E-state index in [-0.39, 0.29) is 12.0 Å².